The lowest BCUT2D eigenvalue weighted by Gasteiger charge is -1.90. The molecule has 0 amide bonds. The average Bonchev–Trinajstić information content (AvgIpc) is 2.05. The van der Waals surface area contributed by atoms with E-state index in [1.807, 2.05) is 12.1 Å². The van der Waals surface area contributed by atoms with Crippen LogP contribution in [0.25, 0.3) is 6.08 Å². The molecule has 0 heterocycles. The molecule has 0 fully saturated rings. The third-order valence-corrected chi connectivity index (χ3v) is 1.25. The van der Waals surface area contributed by atoms with Gasteiger partial charge in [0.05, 0.1) is 11.6 Å². The number of rotatable bonds is 1. The zero-order chi connectivity index (χ0) is 7.40. The second kappa shape index (κ2) is 4.29. The Morgan fingerprint density at radius 2 is 2.18 bits per heavy atom. The molecule has 0 saturated carbocycles. The summed E-state index contributed by atoms with van der Waals surface area (Å²) >= 11 is 0. The molecule has 0 radical (unpaired) electrons. The average molecular weight is 145 g/mol. The molecule has 0 aliphatic rings. The summed E-state index contributed by atoms with van der Waals surface area (Å²) in [7, 11) is 0. The van der Waals surface area contributed by atoms with Crippen molar-refractivity contribution in [3.63, 3.8) is 0 Å². The van der Waals surface area contributed by atoms with E-state index in [4.69, 9.17) is 5.26 Å². The molecule has 56 valence electrons. The number of hydrogen-bond donors (Lipinski definition) is 0. The Kier molecular flexibility index (Phi) is 3.69. The lowest BCUT2D eigenvalue weighted by atomic mass is 10.1. The van der Waals surface area contributed by atoms with Gasteiger partial charge in [-0.25, -0.2) is 0 Å². The summed E-state index contributed by atoms with van der Waals surface area (Å²) < 4.78 is 0. The third kappa shape index (κ3) is 2.27. The van der Waals surface area contributed by atoms with Gasteiger partial charge >= 0.3 is 0 Å². The van der Waals surface area contributed by atoms with Gasteiger partial charge in [-0.15, -0.1) is 0 Å². The first-order chi connectivity index (χ1) is 4.86. The van der Waals surface area contributed by atoms with E-state index in [1.165, 1.54) is 0 Å². The second-order valence-electron chi connectivity index (χ2n) is 1.94. The zero-order valence-electron chi connectivity index (χ0n) is 5.54. The van der Waals surface area contributed by atoms with Crippen molar-refractivity contribution in [3.8, 4) is 6.07 Å². The highest BCUT2D eigenvalue weighted by Crippen LogP contribution is 2.04. The van der Waals surface area contributed by atoms with Gasteiger partial charge in [0.1, 0.15) is 0 Å². The van der Waals surface area contributed by atoms with E-state index in [9.17, 15) is 0 Å². The predicted molar refractivity (Wildman–Crippen MR) is 48.0 cm³/mol. The Hall–Kier alpha value is -1.55. The standard InChI is InChI=1S/C9H7N.CH4/c1-2-8-4-3-5-9(6-8)7-10;/h2-6H,1H2;1H4. The molecule has 1 aromatic carbocycles. The van der Waals surface area contributed by atoms with Crippen LogP contribution < -0.4 is 0 Å². The smallest absolute Gasteiger partial charge is 0.0991 e. The van der Waals surface area contributed by atoms with Crippen LogP contribution in [0.3, 0.4) is 0 Å². The minimum Gasteiger partial charge on any atom is -0.192 e. The molecule has 0 aliphatic heterocycles. The van der Waals surface area contributed by atoms with Crippen molar-refractivity contribution in [2.45, 2.75) is 7.43 Å². The minimum atomic E-state index is 0. The fourth-order valence-electron chi connectivity index (χ4n) is 0.735. The lowest BCUT2D eigenvalue weighted by molar-refractivity contribution is 1.48. The summed E-state index contributed by atoms with van der Waals surface area (Å²) in [5.41, 5.74) is 1.66. The SMILES string of the molecule is C.C=Cc1cccc(C#N)c1. The molecular formula is C10H11N. The minimum absolute atomic E-state index is 0. The van der Waals surface area contributed by atoms with Gasteiger partial charge in [0.15, 0.2) is 0 Å². The van der Waals surface area contributed by atoms with E-state index < -0.39 is 0 Å². The van der Waals surface area contributed by atoms with Crippen molar-refractivity contribution in [2.75, 3.05) is 0 Å². The Morgan fingerprint density at radius 1 is 1.45 bits per heavy atom. The first-order valence-corrected chi connectivity index (χ1v) is 2.99. The molecular weight excluding hydrogens is 134 g/mol. The van der Waals surface area contributed by atoms with Crippen LogP contribution in [0.2, 0.25) is 0 Å². The van der Waals surface area contributed by atoms with Crippen LogP contribution in [0, 0.1) is 11.3 Å². The van der Waals surface area contributed by atoms with Crippen molar-refractivity contribution in [1.29, 1.82) is 5.26 Å². The Bertz CT molecular complexity index is 281. The molecule has 1 nitrogen and oxygen atoms in total. The largest absolute Gasteiger partial charge is 0.192 e. The number of nitriles is 1. The Balaban J connectivity index is 0.000001000. The molecule has 0 atom stereocenters. The second-order valence-corrected chi connectivity index (χ2v) is 1.94. The Morgan fingerprint density at radius 3 is 2.73 bits per heavy atom. The summed E-state index contributed by atoms with van der Waals surface area (Å²) in [6.45, 7) is 3.60. The highest BCUT2D eigenvalue weighted by atomic mass is 14.2. The van der Waals surface area contributed by atoms with Crippen LogP contribution in [-0.4, -0.2) is 0 Å². The summed E-state index contributed by atoms with van der Waals surface area (Å²) in [5, 5.41) is 8.47. The predicted octanol–water partition coefficient (Wildman–Crippen LogP) is 2.84. The van der Waals surface area contributed by atoms with Crippen LogP contribution in [0.5, 0.6) is 0 Å². The molecule has 1 heteroatoms. The summed E-state index contributed by atoms with van der Waals surface area (Å²) in [6, 6.07) is 9.38. The van der Waals surface area contributed by atoms with E-state index in [-0.39, 0.29) is 7.43 Å². The molecule has 11 heavy (non-hydrogen) atoms. The number of nitrogens with zero attached hydrogens (tertiary/aromatic N) is 1. The van der Waals surface area contributed by atoms with E-state index in [2.05, 4.69) is 12.6 Å². The monoisotopic (exact) mass is 145 g/mol. The van der Waals surface area contributed by atoms with Crippen molar-refractivity contribution in [1.82, 2.24) is 0 Å². The van der Waals surface area contributed by atoms with E-state index in [0.717, 1.165) is 5.56 Å². The van der Waals surface area contributed by atoms with Crippen molar-refractivity contribution in [2.24, 2.45) is 0 Å². The third-order valence-electron chi connectivity index (χ3n) is 1.25. The number of benzene rings is 1. The van der Waals surface area contributed by atoms with Crippen molar-refractivity contribution in [3.05, 3.63) is 42.0 Å². The number of hydrogen-bond acceptors (Lipinski definition) is 1. The molecule has 0 spiro atoms. The normalized spacial score (nSPS) is 7.55. The topological polar surface area (TPSA) is 23.8 Å². The van der Waals surface area contributed by atoms with Gasteiger partial charge in [-0.3, -0.25) is 0 Å². The highest BCUT2D eigenvalue weighted by Gasteiger charge is 1.87. The van der Waals surface area contributed by atoms with E-state index in [1.54, 1.807) is 18.2 Å². The van der Waals surface area contributed by atoms with Crippen molar-refractivity contribution < 1.29 is 0 Å². The summed E-state index contributed by atoms with van der Waals surface area (Å²) in [5.74, 6) is 0. The summed E-state index contributed by atoms with van der Waals surface area (Å²) in [6.07, 6.45) is 1.72. The van der Waals surface area contributed by atoms with Crippen LogP contribution >= 0.6 is 0 Å². The van der Waals surface area contributed by atoms with Crippen LogP contribution in [-0.2, 0) is 0 Å². The van der Waals surface area contributed by atoms with Gasteiger partial charge in [0.25, 0.3) is 0 Å². The van der Waals surface area contributed by atoms with Crippen molar-refractivity contribution >= 4 is 6.08 Å². The maximum Gasteiger partial charge on any atom is 0.0991 e. The van der Waals surface area contributed by atoms with Gasteiger partial charge in [0, 0.05) is 0 Å². The fourth-order valence-corrected chi connectivity index (χ4v) is 0.735. The Labute approximate surface area is 67.6 Å². The lowest BCUT2D eigenvalue weighted by Crippen LogP contribution is -1.74. The van der Waals surface area contributed by atoms with Crippen LogP contribution in [0.4, 0.5) is 0 Å². The quantitative estimate of drug-likeness (QED) is 0.596. The zero-order valence-corrected chi connectivity index (χ0v) is 5.54. The fraction of sp³-hybridized carbons (Fsp3) is 0.100. The van der Waals surface area contributed by atoms with E-state index >= 15 is 0 Å². The highest BCUT2D eigenvalue weighted by molar-refractivity contribution is 5.50. The molecule has 0 bridgehead atoms. The van der Waals surface area contributed by atoms with Gasteiger partial charge in [-0.1, -0.05) is 32.2 Å². The molecule has 0 unspecified atom stereocenters. The molecule has 0 aromatic heterocycles. The molecule has 0 N–H and O–H groups in total. The van der Waals surface area contributed by atoms with E-state index in [0.29, 0.717) is 5.56 Å². The molecule has 1 aromatic rings. The molecule has 0 saturated heterocycles. The van der Waals surface area contributed by atoms with Crippen LogP contribution in [0.15, 0.2) is 30.8 Å². The first kappa shape index (κ1) is 9.45. The van der Waals surface area contributed by atoms with Crippen LogP contribution in [0.1, 0.15) is 18.6 Å². The summed E-state index contributed by atoms with van der Waals surface area (Å²) in [4.78, 5) is 0. The van der Waals surface area contributed by atoms with Gasteiger partial charge in [-0.2, -0.15) is 5.26 Å². The molecule has 1 rings (SSSR count). The van der Waals surface area contributed by atoms with Gasteiger partial charge in [0.2, 0.25) is 0 Å². The maximum atomic E-state index is 8.47. The first-order valence-electron chi connectivity index (χ1n) is 2.99. The van der Waals surface area contributed by atoms with Gasteiger partial charge in [-0.05, 0) is 17.7 Å². The maximum absolute atomic E-state index is 8.47. The van der Waals surface area contributed by atoms with Gasteiger partial charge < -0.3 is 0 Å². The molecule has 0 aliphatic carbocycles.